The molecule has 0 aliphatic heterocycles. The van der Waals surface area contributed by atoms with Crippen LogP contribution in [0.1, 0.15) is 33.1 Å². The Bertz CT molecular complexity index is 155. The fourth-order valence-corrected chi connectivity index (χ4v) is 0.869. The van der Waals surface area contributed by atoms with Crippen molar-refractivity contribution in [3.05, 3.63) is 12.3 Å². The second-order valence-corrected chi connectivity index (χ2v) is 2.66. The monoisotopic (exact) mass is 171 g/mol. The van der Waals surface area contributed by atoms with Crippen LogP contribution < -0.4 is 5.32 Å². The third kappa shape index (κ3) is 4.77. The average Bonchev–Trinajstić information content (AvgIpc) is 2.03. The smallest absolute Gasteiger partial charge is 0.326 e. The number of carboxylic acids is 1. The van der Waals surface area contributed by atoms with Crippen molar-refractivity contribution in [1.29, 1.82) is 0 Å². The summed E-state index contributed by atoms with van der Waals surface area (Å²) in [5.41, 5.74) is 0. The number of hydrogen-bond donors (Lipinski definition) is 2. The van der Waals surface area contributed by atoms with E-state index in [1.807, 2.05) is 19.9 Å². The van der Waals surface area contributed by atoms with E-state index in [1.54, 1.807) is 6.20 Å². The van der Waals surface area contributed by atoms with Gasteiger partial charge in [-0.15, -0.1) is 0 Å². The zero-order chi connectivity index (χ0) is 9.40. The fourth-order valence-electron chi connectivity index (χ4n) is 0.869. The van der Waals surface area contributed by atoms with Crippen molar-refractivity contribution in [2.75, 3.05) is 0 Å². The van der Waals surface area contributed by atoms with E-state index in [2.05, 4.69) is 5.32 Å². The third-order valence-corrected chi connectivity index (χ3v) is 1.53. The van der Waals surface area contributed by atoms with Gasteiger partial charge in [0.25, 0.3) is 0 Å². The van der Waals surface area contributed by atoms with E-state index in [0.29, 0.717) is 6.42 Å². The van der Waals surface area contributed by atoms with E-state index in [9.17, 15) is 4.79 Å². The first-order chi connectivity index (χ1) is 5.72. The summed E-state index contributed by atoms with van der Waals surface area (Å²) in [6, 6.07) is -0.433. The van der Waals surface area contributed by atoms with E-state index in [4.69, 9.17) is 5.11 Å². The van der Waals surface area contributed by atoms with Crippen LogP contribution in [0.5, 0.6) is 0 Å². The molecule has 0 aromatic heterocycles. The van der Waals surface area contributed by atoms with Gasteiger partial charge in [-0.2, -0.15) is 0 Å². The molecule has 1 atom stereocenters. The Morgan fingerprint density at radius 2 is 2.25 bits per heavy atom. The van der Waals surface area contributed by atoms with Crippen LogP contribution in [0.3, 0.4) is 0 Å². The first-order valence-corrected chi connectivity index (χ1v) is 4.36. The fraction of sp³-hybridized carbons (Fsp3) is 0.667. The number of carboxylic acid groups (broad SMARTS) is 1. The van der Waals surface area contributed by atoms with E-state index >= 15 is 0 Å². The summed E-state index contributed by atoms with van der Waals surface area (Å²) in [6.07, 6.45) is 6.10. The van der Waals surface area contributed by atoms with Crippen LogP contribution in [0.15, 0.2) is 12.3 Å². The summed E-state index contributed by atoms with van der Waals surface area (Å²) in [4.78, 5) is 10.6. The molecule has 12 heavy (non-hydrogen) atoms. The first kappa shape index (κ1) is 11.0. The van der Waals surface area contributed by atoms with Crippen molar-refractivity contribution < 1.29 is 9.90 Å². The van der Waals surface area contributed by atoms with Gasteiger partial charge in [0, 0.05) is 0 Å². The maximum absolute atomic E-state index is 10.6. The summed E-state index contributed by atoms with van der Waals surface area (Å²) < 4.78 is 0. The molecule has 0 saturated carbocycles. The molecule has 0 saturated heterocycles. The van der Waals surface area contributed by atoms with Gasteiger partial charge in [-0.3, -0.25) is 0 Å². The molecule has 70 valence electrons. The van der Waals surface area contributed by atoms with Crippen LogP contribution in [0.2, 0.25) is 0 Å². The Morgan fingerprint density at radius 1 is 1.58 bits per heavy atom. The van der Waals surface area contributed by atoms with Gasteiger partial charge in [-0.05, 0) is 19.0 Å². The van der Waals surface area contributed by atoms with E-state index in [0.717, 1.165) is 12.8 Å². The summed E-state index contributed by atoms with van der Waals surface area (Å²) in [7, 11) is 0. The van der Waals surface area contributed by atoms with Gasteiger partial charge < -0.3 is 10.4 Å². The van der Waals surface area contributed by atoms with Crippen molar-refractivity contribution in [1.82, 2.24) is 5.32 Å². The number of aliphatic carboxylic acids is 1. The van der Waals surface area contributed by atoms with Crippen molar-refractivity contribution in [2.45, 2.75) is 39.2 Å². The normalized spacial score (nSPS) is 13.2. The zero-order valence-electron chi connectivity index (χ0n) is 7.71. The Morgan fingerprint density at radius 3 is 2.67 bits per heavy atom. The van der Waals surface area contributed by atoms with Gasteiger partial charge in [0.1, 0.15) is 6.04 Å². The predicted octanol–water partition coefficient (Wildman–Crippen LogP) is 1.75. The second-order valence-electron chi connectivity index (χ2n) is 2.66. The molecule has 0 aromatic carbocycles. The van der Waals surface area contributed by atoms with Crippen molar-refractivity contribution in [2.24, 2.45) is 0 Å². The molecule has 0 fully saturated rings. The molecule has 0 aliphatic carbocycles. The second kappa shape index (κ2) is 6.70. The molecule has 0 aromatic rings. The minimum atomic E-state index is -0.780. The van der Waals surface area contributed by atoms with Crippen LogP contribution in [0.4, 0.5) is 0 Å². The molecule has 3 nitrogen and oxygen atoms in total. The summed E-state index contributed by atoms with van der Waals surface area (Å²) in [5, 5.41) is 11.5. The van der Waals surface area contributed by atoms with Gasteiger partial charge in [0.15, 0.2) is 0 Å². The SMILES string of the molecule is CC/C=C/N[C@H](CCC)C(=O)O. The lowest BCUT2D eigenvalue weighted by Gasteiger charge is -2.10. The Hall–Kier alpha value is -0.990. The summed E-state index contributed by atoms with van der Waals surface area (Å²) in [5.74, 6) is -0.780. The van der Waals surface area contributed by atoms with Crippen LogP contribution in [0.25, 0.3) is 0 Å². The number of rotatable bonds is 6. The van der Waals surface area contributed by atoms with Gasteiger partial charge in [-0.25, -0.2) is 4.79 Å². The molecule has 0 amide bonds. The number of carbonyl (C=O) groups is 1. The highest BCUT2D eigenvalue weighted by molar-refractivity contribution is 5.73. The molecule has 2 N–H and O–H groups in total. The molecule has 0 heterocycles. The first-order valence-electron chi connectivity index (χ1n) is 4.36. The van der Waals surface area contributed by atoms with Gasteiger partial charge in [0.05, 0.1) is 0 Å². The van der Waals surface area contributed by atoms with Crippen molar-refractivity contribution in [3.8, 4) is 0 Å². The quantitative estimate of drug-likeness (QED) is 0.640. The minimum Gasteiger partial charge on any atom is -0.480 e. The average molecular weight is 171 g/mol. The Labute approximate surface area is 73.5 Å². The molecule has 0 unspecified atom stereocenters. The highest BCUT2D eigenvalue weighted by atomic mass is 16.4. The van der Waals surface area contributed by atoms with Crippen LogP contribution in [-0.2, 0) is 4.79 Å². The molecule has 0 rings (SSSR count). The lowest BCUT2D eigenvalue weighted by Crippen LogP contribution is -2.32. The molecular formula is C9H17NO2. The molecule has 0 spiro atoms. The Balaban J connectivity index is 3.78. The van der Waals surface area contributed by atoms with Gasteiger partial charge in [0.2, 0.25) is 0 Å². The number of hydrogen-bond acceptors (Lipinski definition) is 2. The molecular weight excluding hydrogens is 154 g/mol. The number of nitrogens with one attached hydrogen (secondary N) is 1. The van der Waals surface area contributed by atoms with Crippen LogP contribution in [0, 0.1) is 0 Å². The minimum absolute atomic E-state index is 0.433. The molecule has 0 bridgehead atoms. The van der Waals surface area contributed by atoms with E-state index < -0.39 is 12.0 Å². The number of allylic oxidation sites excluding steroid dienone is 1. The third-order valence-electron chi connectivity index (χ3n) is 1.53. The Kier molecular flexibility index (Phi) is 6.15. The topological polar surface area (TPSA) is 49.3 Å². The van der Waals surface area contributed by atoms with Gasteiger partial charge >= 0.3 is 5.97 Å². The van der Waals surface area contributed by atoms with Crippen LogP contribution >= 0.6 is 0 Å². The summed E-state index contributed by atoms with van der Waals surface area (Å²) >= 11 is 0. The highest BCUT2D eigenvalue weighted by Gasteiger charge is 2.12. The zero-order valence-corrected chi connectivity index (χ0v) is 7.71. The van der Waals surface area contributed by atoms with Crippen LogP contribution in [-0.4, -0.2) is 17.1 Å². The highest BCUT2D eigenvalue weighted by Crippen LogP contribution is 1.96. The lowest BCUT2D eigenvalue weighted by atomic mass is 10.2. The lowest BCUT2D eigenvalue weighted by molar-refractivity contribution is -0.139. The van der Waals surface area contributed by atoms with Crippen molar-refractivity contribution in [3.63, 3.8) is 0 Å². The summed E-state index contributed by atoms with van der Waals surface area (Å²) in [6.45, 7) is 3.98. The molecule has 0 radical (unpaired) electrons. The molecule has 3 heteroatoms. The maximum Gasteiger partial charge on any atom is 0.326 e. The van der Waals surface area contributed by atoms with E-state index in [1.165, 1.54) is 0 Å². The van der Waals surface area contributed by atoms with Crippen molar-refractivity contribution >= 4 is 5.97 Å². The molecule has 0 aliphatic rings. The standard InChI is InChI=1S/C9H17NO2/c1-3-5-7-10-8(6-4-2)9(11)12/h5,7-8,10H,3-4,6H2,1-2H3,(H,11,12)/b7-5+/t8-/m1/s1. The van der Waals surface area contributed by atoms with E-state index in [-0.39, 0.29) is 0 Å². The largest absolute Gasteiger partial charge is 0.480 e. The van der Waals surface area contributed by atoms with Gasteiger partial charge in [-0.1, -0.05) is 26.3 Å². The predicted molar refractivity (Wildman–Crippen MR) is 48.9 cm³/mol. The maximum atomic E-state index is 10.6.